The molecular weight excluding hydrogens is 202 g/mol. The lowest BCUT2D eigenvalue weighted by molar-refractivity contribution is 0.218. The van der Waals surface area contributed by atoms with Crippen LogP contribution in [0.25, 0.3) is 0 Å². The van der Waals surface area contributed by atoms with Crippen LogP contribution in [0.15, 0.2) is 18.2 Å². The van der Waals surface area contributed by atoms with E-state index in [2.05, 4.69) is 4.90 Å². The van der Waals surface area contributed by atoms with Crippen LogP contribution < -0.4 is 4.74 Å². The predicted octanol–water partition coefficient (Wildman–Crippen LogP) is 2.39. The Hall–Kier alpha value is -1.22. The number of hydrogen-bond donors (Lipinski definition) is 1. The van der Waals surface area contributed by atoms with Gasteiger partial charge < -0.3 is 9.84 Å². The maximum atomic E-state index is 9.49. The molecule has 16 heavy (non-hydrogen) atoms. The Morgan fingerprint density at radius 2 is 2.00 bits per heavy atom. The van der Waals surface area contributed by atoms with Crippen molar-refractivity contribution in [2.45, 2.75) is 25.8 Å². The van der Waals surface area contributed by atoms with Gasteiger partial charge in [0.2, 0.25) is 0 Å². The fourth-order valence-corrected chi connectivity index (χ4v) is 2.25. The summed E-state index contributed by atoms with van der Waals surface area (Å²) in [4.78, 5) is 2.42. The van der Waals surface area contributed by atoms with Crippen LogP contribution in [0.4, 0.5) is 0 Å². The molecule has 88 valence electrons. The predicted molar refractivity (Wildman–Crippen MR) is 63.8 cm³/mol. The van der Waals surface area contributed by atoms with Crippen LogP contribution in [0.1, 0.15) is 24.8 Å². The zero-order valence-corrected chi connectivity index (χ0v) is 9.78. The highest BCUT2D eigenvalue weighted by atomic mass is 16.5. The van der Waals surface area contributed by atoms with Crippen molar-refractivity contribution in [3.63, 3.8) is 0 Å². The zero-order valence-electron chi connectivity index (χ0n) is 9.78. The molecule has 0 amide bonds. The Bertz CT molecular complexity index is 346. The van der Waals surface area contributed by atoms with E-state index in [-0.39, 0.29) is 0 Å². The van der Waals surface area contributed by atoms with Crippen LogP contribution in [-0.4, -0.2) is 30.2 Å². The van der Waals surface area contributed by atoms with E-state index in [0.717, 1.165) is 30.9 Å². The van der Waals surface area contributed by atoms with Crippen molar-refractivity contribution < 1.29 is 9.84 Å². The van der Waals surface area contributed by atoms with E-state index in [1.54, 1.807) is 19.2 Å². The molecule has 0 aromatic heterocycles. The third-order valence-electron chi connectivity index (χ3n) is 3.11. The number of ether oxygens (including phenoxy) is 1. The lowest BCUT2D eigenvalue weighted by atomic mass is 10.1. The lowest BCUT2D eigenvalue weighted by Gasteiger charge is -2.27. The standard InChI is InChI=1S/C13H19NO2/c1-16-13-6-5-12(15)9-11(13)10-14-7-3-2-4-8-14/h5-6,9,15H,2-4,7-8,10H2,1H3. The Balaban J connectivity index is 2.09. The van der Waals surface area contributed by atoms with Gasteiger partial charge in [0.15, 0.2) is 0 Å². The quantitative estimate of drug-likeness (QED) is 0.850. The molecule has 0 aliphatic carbocycles. The second-order valence-corrected chi connectivity index (χ2v) is 4.33. The Morgan fingerprint density at radius 1 is 1.25 bits per heavy atom. The van der Waals surface area contributed by atoms with Gasteiger partial charge >= 0.3 is 0 Å². The van der Waals surface area contributed by atoms with Gasteiger partial charge in [0.1, 0.15) is 11.5 Å². The Kier molecular flexibility index (Phi) is 3.67. The summed E-state index contributed by atoms with van der Waals surface area (Å²) in [7, 11) is 1.67. The second kappa shape index (κ2) is 5.21. The highest BCUT2D eigenvalue weighted by Gasteiger charge is 2.13. The van der Waals surface area contributed by atoms with Crippen molar-refractivity contribution >= 4 is 0 Å². The van der Waals surface area contributed by atoms with Crippen LogP contribution in [0.5, 0.6) is 11.5 Å². The van der Waals surface area contributed by atoms with Crippen molar-refractivity contribution in [2.75, 3.05) is 20.2 Å². The number of likely N-dealkylation sites (tertiary alicyclic amines) is 1. The van der Waals surface area contributed by atoms with E-state index < -0.39 is 0 Å². The fraction of sp³-hybridized carbons (Fsp3) is 0.538. The maximum absolute atomic E-state index is 9.49. The van der Waals surface area contributed by atoms with E-state index >= 15 is 0 Å². The lowest BCUT2D eigenvalue weighted by Crippen LogP contribution is -2.29. The molecule has 1 aromatic carbocycles. The first kappa shape index (κ1) is 11.3. The number of phenols is 1. The number of benzene rings is 1. The van der Waals surface area contributed by atoms with Gasteiger partial charge in [-0.3, -0.25) is 4.90 Å². The van der Waals surface area contributed by atoms with E-state index in [4.69, 9.17) is 4.74 Å². The molecule has 0 unspecified atom stereocenters. The number of phenolic OH excluding ortho intramolecular Hbond substituents is 1. The molecule has 0 spiro atoms. The van der Waals surface area contributed by atoms with Crippen LogP contribution in [0.2, 0.25) is 0 Å². The highest BCUT2D eigenvalue weighted by molar-refractivity contribution is 5.39. The van der Waals surface area contributed by atoms with Gasteiger partial charge in [-0.05, 0) is 44.1 Å². The molecule has 1 fully saturated rings. The van der Waals surface area contributed by atoms with Gasteiger partial charge in [-0.15, -0.1) is 0 Å². The molecule has 1 aliphatic heterocycles. The molecular formula is C13H19NO2. The summed E-state index contributed by atoms with van der Waals surface area (Å²) < 4.78 is 5.30. The van der Waals surface area contributed by atoms with Crippen LogP contribution in [-0.2, 0) is 6.54 Å². The molecule has 3 nitrogen and oxygen atoms in total. The van der Waals surface area contributed by atoms with Crippen molar-refractivity contribution in [3.8, 4) is 11.5 Å². The third kappa shape index (κ3) is 2.67. The normalized spacial score (nSPS) is 17.3. The fourth-order valence-electron chi connectivity index (χ4n) is 2.25. The van der Waals surface area contributed by atoms with Gasteiger partial charge in [0.25, 0.3) is 0 Å². The second-order valence-electron chi connectivity index (χ2n) is 4.33. The number of piperidine rings is 1. The van der Waals surface area contributed by atoms with E-state index in [9.17, 15) is 5.11 Å². The summed E-state index contributed by atoms with van der Waals surface area (Å²) in [5.74, 6) is 1.18. The molecule has 1 aliphatic rings. The monoisotopic (exact) mass is 221 g/mol. The summed E-state index contributed by atoms with van der Waals surface area (Å²) in [5, 5.41) is 9.49. The average Bonchev–Trinajstić information content (AvgIpc) is 2.31. The van der Waals surface area contributed by atoms with Gasteiger partial charge in [-0.25, -0.2) is 0 Å². The molecule has 3 heteroatoms. The van der Waals surface area contributed by atoms with E-state index in [0.29, 0.717) is 5.75 Å². The molecule has 1 N–H and O–H groups in total. The number of aromatic hydroxyl groups is 1. The zero-order chi connectivity index (χ0) is 11.4. The molecule has 0 atom stereocenters. The van der Waals surface area contributed by atoms with Crippen LogP contribution in [0.3, 0.4) is 0 Å². The van der Waals surface area contributed by atoms with Gasteiger partial charge in [0, 0.05) is 12.1 Å². The van der Waals surface area contributed by atoms with E-state index in [1.807, 2.05) is 6.07 Å². The smallest absolute Gasteiger partial charge is 0.123 e. The van der Waals surface area contributed by atoms with Crippen LogP contribution in [0, 0.1) is 0 Å². The summed E-state index contributed by atoms with van der Waals surface area (Å²) in [6.45, 7) is 3.18. The molecule has 0 bridgehead atoms. The molecule has 1 heterocycles. The minimum absolute atomic E-state index is 0.313. The molecule has 1 saturated heterocycles. The third-order valence-corrected chi connectivity index (χ3v) is 3.11. The maximum Gasteiger partial charge on any atom is 0.123 e. The molecule has 1 aromatic rings. The van der Waals surface area contributed by atoms with E-state index in [1.165, 1.54) is 19.3 Å². The summed E-state index contributed by atoms with van der Waals surface area (Å²) in [6, 6.07) is 5.29. The number of hydrogen-bond acceptors (Lipinski definition) is 3. The number of nitrogens with zero attached hydrogens (tertiary/aromatic N) is 1. The largest absolute Gasteiger partial charge is 0.508 e. The molecule has 0 saturated carbocycles. The Morgan fingerprint density at radius 3 is 2.69 bits per heavy atom. The van der Waals surface area contributed by atoms with Gasteiger partial charge in [-0.2, -0.15) is 0 Å². The summed E-state index contributed by atoms with van der Waals surface area (Å²) in [5.41, 5.74) is 1.07. The van der Waals surface area contributed by atoms with Crippen molar-refractivity contribution in [2.24, 2.45) is 0 Å². The van der Waals surface area contributed by atoms with Crippen molar-refractivity contribution in [1.29, 1.82) is 0 Å². The first-order valence-electron chi connectivity index (χ1n) is 5.88. The Labute approximate surface area is 96.6 Å². The van der Waals surface area contributed by atoms with Gasteiger partial charge in [0.05, 0.1) is 7.11 Å². The minimum Gasteiger partial charge on any atom is -0.508 e. The summed E-state index contributed by atoms with van der Waals surface area (Å²) in [6.07, 6.45) is 3.90. The van der Waals surface area contributed by atoms with Crippen molar-refractivity contribution in [1.82, 2.24) is 4.90 Å². The topological polar surface area (TPSA) is 32.7 Å². The SMILES string of the molecule is COc1ccc(O)cc1CN1CCCCC1. The minimum atomic E-state index is 0.313. The number of methoxy groups -OCH3 is 1. The van der Waals surface area contributed by atoms with Crippen molar-refractivity contribution in [3.05, 3.63) is 23.8 Å². The first-order chi connectivity index (χ1) is 7.79. The first-order valence-corrected chi connectivity index (χ1v) is 5.88. The molecule has 0 radical (unpaired) electrons. The summed E-state index contributed by atoms with van der Waals surface area (Å²) >= 11 is 0. The average molecular weight is 221 g/mol. The molecule has 2 rings (SSSR count). The highest BCUT2D eigenvalue weighted by Crippen LogP contribution is 2.25. The van der Waals surface area contributed by atoms with Gasteiger partial charge in [-0.1, -0.05) is 6.42 Å². The number of rotatable bonds is 3. The van der Waals surface area contributed by atoms with Crippen LogP contribution >= 0.6 is 0 Å².